The highest BCUT2D eigenvalue weighted by Gasteiger charge is 2.24. The van der Waals surface area contributed by atoms with Gasteiger partial charge in [-0.25, -0.2) is 4.39 Å². The van der Waals surface area contributed by atoms with Crippen LogP contribution >= 0.6 is 0 Å². The maximum absolute atomic E-state index is 14.2. The van der Waals surface area contributed by atoms with Gasteiger partial charge < -0.3 is 15.8 Å². The van der Waals surface area contributed by atoms with Gasteiger partial charge in [0.25, 0.3) is 0 Å². The topological polar surface area (TPSA) is 65.1 Å². The highest BCUT2D eigenvalue weighted by atomic mass is 19.1. The summed E-state index contributed by atoms with van der Waals surface area (Å²) in [6.07, 6.45) is 0. The normalized spacial score (nSPS) is 21.2. The van der Waals surface area contributed by atoms with E-state index in [0.29, 0.717) is 17.3 Å². The van der Waals surface area contributed by atoms with E-state index in [2.05, 4.69) is 23.9 Å². The number of nitrogens with two attached hydrogens (primary N) is 1. The van der Waals surface area contributed by atoms with E-state index in [1.807, 2.05) is 4.90 Å². The first-order valence-corrected chi connectivity index (χ1v) is 6.83. The first-order valence-electron chi connectivity index (χ1n) is 6.83. The van der Waals surface area contributed by atoms with Crippen LogP contribution in [0.4, 0.5) is 10.1 Å². The molecule has 1 atom stereocenters. The van der Waals surface area contributed by atoms with Gasteiger partial charge in [-0.05, 0) is 31.7 Å². The van der Waals surface area contributed by atoms with Crippen LogP contribution in [0.25, 0.3) is 0 Å². The van der Waals surface area contributed by atoms with Gasteiger partial charge >= 0.3 is 0 Å². The Balaban J connectivity index is 2.18. The van der Waals surface area contributed by atoms with Crippen molar-refractivity contribution in [3.63, 3.8) is 0 Å². The van der Waals surface area contributed by atoms with Crippen molar-refractivity contribution in [3.05, 3.63) is 29.6 Å². The lowest BCUT2D eigenvalue weighted by molar-refractivity contribution is 0.199. The number of piperazine rings is 1. The van der Waals surface area contributed by atoms with Crippen molar-refractivity contribution in [1.82, 2.24) is 4.90 Å². The van der Waals surface area contributed by atoms with Crippen molar-refractivity contribution in [3.8, 4) is 0 Å². The average Bonchev–Trinajstić information content (AvgIpc) is 2.46. The lowest BCUT2D eigenvalue weighted by Gasteiger charge is -2.40. The highest BCUT2D eigenvalue weighted by molar-refractivity contribution is 5.97. The molecule has 0 saturated carbocycles. The Kier molecular flexibility index (Phi) is 4.44. The summed E-state index contributed by atoms with van der Waals surface area (Å²) in [7, 11) is 0. The van der Waals surface area contributed by atoms with Crippen molar-refractivity contribution >= 4 is 11.5 Å². The molecule has 1 aromatic rings. The molecule has 2 rings (SSSR count). The van der Waals surface area contributed by atoms with E-state index in [-0.39, 0.29) is 11.7 Å². The van der Waals surface area contributed by atoms with Crippen molar-refractivity contribution in [2.24, 2.45) is 10.9 Å². The van der Waals surface area contributed by atoms with Crippen LogP contribution in [0.15, 0.2) is 23.4 Å². The van der Waals surface area contributed by atoms with Crippen molar-refractivity contribution < 1.29 is 9.60 Å². The molecule has 0 spiro atoms. The minimum Gasteiger partial charge on any atom is -0.409 e. The fraction of sp³-hybridized carbons (Fsp3) is 0.500. The van der Waals surface area contributed by atoms with E-state index in [1.165, 1.54) is 6.07 Å². The van der Waals surface area contributed by atoms with E-state index in [0.717, 1.165) is 26.2 Å². The third kappa shape index (κ3) is 2.85. The third-order valence-corrected chi connectivity index (χ3v) is 3.86. The summed E-state index contributed by atoms with van der Waals surface area (Å²) < 4.78 is 14.2. The Morgan fingerprint density at radius 1 is 1.50 bits per heavy atom. The molecule has 1 fully saturated rings. The number of rotatable bonds is 3. The van der Waals surface area contributed by atoms with E-state index >= 15 is 0 Å². The predicted molar refractivity (Wildman–Crippen MR) is 77.8 cm³/mol. The molecule has 20 heavy (non-hydrogen) atoms. The Bertz CT molecular complexity index is 506. The number of amidine groups is 1. The van der Waals surface area contributed by atoms with E-state index in [1.54, 1.807) is 12.1 Å². The predicted octanol–water partition coefficient (Wildman–Crippen LogP) is 1.45. The first kappa shape index (κ1) is 14.6. The Labute approximate surface area is 118 Å². The molecular formula is C14H21FN4O. The molecular weight excluding hydrogens is 259 g/mol. The van der Waals surface area contributed by atoms with Gasteiger partial charge in [-0.2, -0.15) is 0 Å². The minimum absolute atomic E-state index is 0.0837. The number of anilines is 1. The molecule has 0 aliphatic carbocycles. The number of hydrogen-bond donors (Lipinski definition) is 2. The summed E-state index contributed by atoms with van der Waals surface area (Å²) >= 11 is 0. The smallest absolute Gasteiger partial charge is 0.170 e. The largest absolute Gasteiger partial charge is 0.409 e. The van der Waals surface area contributed by atoms with Gasteiger partial charge in [0.2, 0.25) is 0 Å². The van der Waals surface area contributed by atoms with E-state index < -0.39 is 0 Å². The number of oxime groups is 1. The zero-order chi connectivity index (χ0) is 14.7. The number of nitrogens with zero attached hydrogens (tertiary/aromatic N) is 3. The van der Waals surface area contributed by atoms with Gasteiger partial charge in [-0.15, -0.1) is 0 Å². The van der Waals surface area contributed by atoms with E-state index in [4.69, 9.17) is 10.9 Å². The molecule has 1 unspecified atom stereocenters. The molecule has 1 aliphatic heterocycles. The summed E-state index contributed by atoms with van der Waals surface area (Å²) in [6, 6.07) is 5.07. The third-order valence-electron chi connectivity index (χ3n) is 3.86. The van der Waals surface area contributed by atoms with Crippen molar-refractivity contribution in [2.75, 3.05) is 31.1 Å². The molecule has 3 N–H and O–H groups in total. The molecule has 0 radical (unpaired) electrons. The quantitative estimate of drug-likeness (QED) is 0.381. The lowest BCUT2D eigenvalue weighted by atomic mass is 10.1. The molecule has 0 bridgehead atoms. The summed E-state index contributed by atoms with van der Waals surface area (Å²) in [6.45, 7) is 7.83. The molecule has 1 heterocycles. The molecule has 1 saturated heterocycles. The average molecular weight is 280 g/mol. The summed E-state index contributed by atoms with van der Waals surface area (Å²) in [5.41, 5.74) is 6.42. The van der Waals surface area contributed by atoms with Gasteiger partial charge in [-0.1, -0.05) is 12.1 Å². The second-order valence-corrected chi connectivity index (χ2v) is 5.08. The van der Waals surface area contributed by atoms with E-state index in [9.17, 15) is 4.39 Å². The highest BCUT2D eigenvalue weighted by Crippen LogP contribution is 2.23. The zero-order valence-electron chi connectivity index (χ0n) is 11.9. The van der Waals surface area contributed by atoms with Gasteiger partial charge in [0, 0.05) is 31.2 Å². The molecule has 6 heteroatoms. The van der Waals surface area contributed by atoms with Crippen LogP contribution in [-0.4, -0.2) is 48.2 Å². The van der Waals surface area contributed by atoms with Crippen LogP contribution in [0.5, 0.6) is 0 Å². The second-order valence-electron chi connectivity index (χ2n) is 5.08. The van der Waals surface area contributed by atoms with Gasteiger partial charge in [0.05, 0.1) is 5.69 Å². The van der Waals surface area contributed by atoms with Crippen LogP contribution < -0.4 is 10.6 Å². The van der Waals surface area contributed by atoms with Gasteiger partial charge in [0.1, 0.15) is 5.82 Å². The second kappa shape index (κ2) is 6.09. The number of hydrogen-bond acceptors (Lipinski definition) is 4. The maximum atomic E-state index is 14.2. The first-order chi connectivity index (χ1) is 9.56. The molecule has 1 aromatic carbocycles. The monoisotopic (exact) mass is 280 g/mol. The van der Waals surface area contributed by atoms with Crippen LogP contribution in [0.3, 0.4) is 0 Å². The molecule has 0 aromatic heterocycles. The Hall–Kier alpha value is -1.82. The van der Waals surface area contributed by atoms with Gasteiger partial charge in [-0.3, -0.25) is 4.90 Å². The summed E-state index contributed by atoms with van der Waals surface area (Å²) in [4.78, 5) is 4.42. The number of halogens is 1. The zero-order valence-corrected chi connectivity index (χ0v) is 11.9. The fourth-order valence-corrected chi connectivity index (χ4v) is 2.66. The summed E-state index contributed by atoms with van der Waals surface area (Å²) in [5.74, 6) is -0.425. The van der Waals surface area contributed by atoms with Gasteiger partial charge in [0.15, 0.2) is 5.84 Å². The lowest BCUT2D eigenvalue weighted by Crippen LogP contribution is -2.52. The molecule has 1 aliphatic rings. The van der Waals surface area contributed by atoms with Crippen LogP contribution in [0, 0.1) is 5.82 Å². The standard InChI is InChI=1S/C14H21FN4O/c1-3-18-6-7-19(9-10(18)2)13-5-4-11(8-12(13)15)14(16)17-20/h4-5,8,10,20H,3,6-7,9H2,1-2H3,(H2,16,17). The fourth-order valence-electron chi connectivity index (χ4n) is 2.66. The number of benzene rings is 1. The SMILES string of the molecule is CCN1CCN(c2ccc(C(N)=NO)cc2F)CC1C. The van der Waals surface area contributed by atoms with Crippen LogP contribution in [0.1, 0.15) is 19.4 Å². The van der Waals surface area contributed by atoms with Crippen LogP contribution in [0.2, 0.25) is 0 Å². The molecule has 110 valence electrons. The Morgan fingerprint density at radius 2 is 2.25 bits per heavy atom. The Morgan fingerprint density at radius 3 is 2.80 bits per heavy atom. The summed E-state index contributed by atoms with van der Waals surface area (Å²) in [5, 5.41) is 11.5. The van der Waals surface area contributed by atoms with Crippen molar-refractivity contribution in [2.45, 2.75) is 19.9 Å². The molecule has 0 amide bonds. The molecule has 5 nitrogen and oxygen atoms in total. The van der Waals surface area contributed by atoms with Crippen LogP contribution in [-0.2, 0) is 0 Å². The maximum Gasteiger partial charge on any atom is 0.170 e. The minimum atomic E-state index is -0.341. The number of likely N-dealkylation sites (N-methyl/N-ethyl adjacent to an activating group) is 1. The van der Waals surface area contributed by atoms with Crippen molar-refractivity contribution in [1.29, 1.82) is 0 Å².